The highest BCUT2D eigenvalue weighted by molar-refractivity contribution is 5.02. The molecule has 4 nitrogen and oxygen atoms in total. The minimum atomic E-state index is -0.561. The van der Waals surface area contributed by atoms with E-state index in [9.17, 15) is 5.11 Å². The Morgan fingerprint density at radius 2 is 2.40 bits per heavy atom. The van der Waals surface area contributed by atoms with Crippen molar-refractivity contribution in [3.63, 3.8) is 0 Å². The van der Waals surface area contributed by atoms with E-state index in [-0.39, 0.29) is 0 Å². The zero-order chi connectivity index (χ0) is 10.9. The van der Waals surface area contributed by atoms with Gasteiger partial charge in [-0.3, -0.25) is 4.68 Å². The first-order chi connectivity index (χ1) is 7.10. The van der Waals surface area contributed by atoms with Crippen molar-refractivity contribution in [1.82, 2.24) is 15.0 Å². The van der Waals surface area contributed by atoms with Crippen LogP contribution in [0.1, 0.15) is 38.3 Å². The van der Waals surface area contributed by atoms with Crippen molar-refractivity contribution in [1.29, 1.82) is 0 Å². The Morgan fingerprint density at radius 3 is 3.00 bits per heavy atom. The van der Waals surface area contributed by atoms with Gasteiger partial charge in [-0.1, -0.05) is 25.0 Å². The smallest absolute Gasteiger partial charge is 0.0855 e. The normalized spacial score (nSPS) is 31.8. The van der Waals surface area contributed by atoms with Gasteiger partial charge in [0.05, 0.1) is 11.3 Å². The van der Waals surface area contributed by atoms with Gasteiger partial charge in [0, 0.05) is 19.7 Å². The van der Waals surface area contributed by atoms with Gasteiger partial charge in [0.2, 0.25) is 0 Å². The summed E-state index contributed by atoms with van der Waals surface area (Å²) in [6, 6.07) is 0. The Hall–Kier alpha value is -0.900. The van der Waals surface area contributed by atoms with Gasteiger partial charge in [0.15, 0.2) is 0 Å². The third kappa shape index (κ3) is 2.20. The van der Waals surface area contributed by atoms with E-state index in [1.54, 1.807) is 4.68 Å². The molecule has 1 aliphatic carbocycles. The molecular formula is C11H19N3O. The van der Waals surface area contributed by atoms with Crippen molar-refractivity contribution in [2.75, 3.05) is 0 Å². The minimum absolute atomic E-state index is 0.369. The molecule has 0 aromatic carbocycles. The average Bonchev–Trinajstić information content (AvgIpc) is 2.57. The standard InChI is InChI=1S/C11H19N3O/c1-9-5-3-4-6-11(9,15)7-10-8-14(2)13-12-10/h8-9,15H,3-7H2,1-2H3. The highest BCUT2D eigenvalue weighted by Crippen LogP contribution is 2.35. The number of hydrogen-bond donors (Lipinski definition) is 1. The number of aliphatic hydroxyl groups is 1. The molecule has 2 atom stereocenters. The lowest BCUT2D eigenvalue weighted by atomic mass is 9.74. The van der Waals surface area contributed by atoms with Crippen LogP contribution in [0.5, 0.6) is 0 Å². The first kappa shape index (κ1) is 10.6. The van der Waals surface area contributed by atoms with Crippen LogP contribution in [0, 0.1) is 5.92 Å². The van der Waals surface area contributed by atoms with E-state index >= 15 is 0 Å². The van der Waals surface area contributed by atoms with Gasteiger partial charge in [0.1, 0.15) is 0 Å². The fourth-order valence-electron chi connectivity index (χ4n) is 2.45. The predicted octanol–water partition coefficient (Wildman–Crippen LogP) is 1.30. The summed E-state index contributed by atoms with van der Waals surface area (Å²) in [6.07, 6.45) is 6.91. The molecule has 84 valence electrons. The molecule has 0 amide bonds. The van der Waals surface area contributed by atoms with Crippen LogP contribution in [0.4, 0.5) is 0 Å². The van der Waals surface area contributed by atoms with Gasteiger partial charge < -0.3 is 5.11 Å². The molecule has 1 saturated carbocycles. The van der Waals surface area contributed by atoms with Crippen LogP contribution in [-0.4, -0.2) is 25.7 Å². The molecule has 2 unspecified atom stereocenters. The van der Waals surface area contributed by atoms with E-state index in [4.69, 9.17) is 0 Å². The van der Waals surface area contributed by atoms with Gasteiger partial charge in [-0.2, -0.15) is 0 Å². The maximum Gasteiger partial charge on any atom is 0.0855 e. The van der Waals surface area contributed by atoms with Crippen molar-refractivity contribution in [2.45, 2.75) is 44.6 Å². The van der Waals surface area contributed by atoms with Crippen LogP contribution < -0.4 is 0 Å². The first-order valence-corrected chi connectivity index (χ1v) is 5.68. The van der Waals surface area contributed by atoms with Gasteiger partial charge >= 0.3 is 0 Å². The Bertz CT molecular complexity index is 336. The molecule has 0 saturated heterocycles. The highest BCUT2D eigenvalue weighted by atomic mass is 16.3. The summed E-state index contributed by atoms with van der Waals surface area (Å²) < 4.78 is 1.69. The number of nitrogens with zero attached hydrogens (tertiary/aromatic N) is 3. The van der Waals surface area contributed by atoms with Crippen LogP contribution in [0.3, 0.4) is 0 Å². The molecule has 2 rings (SSSR count). The second-order valence-corrected chi connectivity index (χ2v) is 4.81. The number of rotatable bonds is 2. The molecule has 0 aliphatic heterocycles. The van der Waals surface area contributed by atoms with E-state index < -0.39 is 5.60 Å². The lowest BCUT2D eigenvalue weighted by molar-refractivity contribution is -0.0412. The molecule has 15 heavy (non-hydrogen) atoms. The second kappa shape index (κ2) is 3.93. The summed E-state index contributed by atoms with van der Waals surface area (Å²) in [7, 11) is 1.85. The summed E-state index contributed by atoms with van der Waals surface area (Å²) >= 11 is 0. The molecule has 0 radical (unpaired) electrons. The third-order valence-corrected chi connectivity index (χ3v) is 3.55. The molecule has 1 aliphatic rings. The molecule has 1 fully saturated rings. The van der Waals surface area contributed by atoms with Gasteiger partial charge in [-0.15, -0.1) is 5.10 Å². The first-order valence-electron chi connectivity index (χ1n) is 5.68. The molecule has 4 heteroatoms. The van der Waals surface area contributed by atoms with E-state index in [1.807, 2.05) is 13.2 Å². The highest BCUT2D eigenvalue weighted by Gasteiger charge is 2.36. The molecule has 0 spiro atoms. The van der Waals surface area contributed by atoms with Crippen LogP contribution in [-0.2, 0) is 13.5 Å². The SMILES string of the molecule is CC1CCCCC1(O)Cc1cn(C)nn1. The zero-order valence-corrected chi connectivity index (χ0v) is 9.48. The van der Waals surface area contributed by atoms with E-state index in [0.29, 0.717) is 12.3 Å². The van der Waals surface area contributed by atoms with Crippen molar-refractivity contribution < 1.29 is 5.11 Å². The van der Waals surface area contributed by atoms with Gasteiger partial charge in [0.25, 0.3) is 0 Å². The van der Waals surface area contributed by atoms with Crippen molar-refractivity contribution >= 4 is 0 Å². The van der Waals surface area contributed by atoms with Gasteiger partial charge in [-0.05, 0) is 18.8 Å². The summed E-state index contributed by atoms with van der Waals surface area (Å²) in [5.74, 6) is 0.369. The summed E-state index contributed by atoms with van der Waals surface area (Å²) in [6.45, 7) is 2.13. The fraction of sp³-hybridized carbons (Fsp3) is 0.818. The largest absolute Gasteiger partial charge is 0.389 e. The third-order valence-electron chi connectivity index (χ3n) is 3.55. The maximum atomic E-state index is 10.5. The Kier molecular flexibility index (Phi) is 2.78. The molecule has 1 N–H and O–H groups in total. The quantitative estimate of drug-likeness (QED) is 0.798. The number of aromatic nitrogens is 3. The van der Waals surface area contributed by atoms with E-state index in [1.165, 1.54) is 6.42 Å². The summed E-state index contributed by atoms with van der Waals surface area (Å²) in [4.78, 5) is 0. The predicted molar refractivity (Wildman–Crippen MR) is 57.3 cm³/mol. The molecule has 1 aromatic heterocycles. The monoisotopic (exact) mass is 209 g/mol. The Morgan fingerprint density at radius 1 is 1.60 bits per heavy atom. The van der Waals surface area contributed by atoms with E-state index in [2.05, 4.69) is 17.2 Å². The van der Waals surface area contributed by atoms with Crippen LogP contribution in [0.15, 0.2) is 6.20 Å². The van der Waals surface area contributed by atoms with Crippen molar-refractivity contribution in [3.05, 3.63) is 11.9 Å². The number of hydrogen-bond acceptors (Lipinski definition) is 3. The van der Waals surface area contributed by atoms with Crippen molar-refractivity contribution in [3.8, 4) is 0 Å². The summed E-state index contributed by atoms with van der Waals surface area (Å²) in [5.41, 5.74) is 0.336. The topological polar surface area (TPSA) is 50.9 Å². The van der Waals surface area contributed by atoms with Crippen LogP contribution in [0.2, 0.25) is 0 Å². The number of aryl methyl sites for hydroxylation is 1. The Balaban J connectivity index is 2.08. The molecule has 1 aromatic rings. The van der Waals surface area contributed by atoms with E-state index in [0.717, 1.165) is 25.0 Å². The Labute approximate surface area is 90.3 Å². The minimum Gasteiger partial charge on any atom is -0.389 e. The van der Waals surface area contributed by atoms with Gasteiger partial charge in [-0.25, -0.2) is 0 Å². The van der Waals surface area contributed by atoms with Crippen LogP contribution in [0.25, 0.3) is 0 Å². The average molecular weight is 209 g/mol. The summed E-state index contributed by atoms with van der Waals surface area (Å²) in [5, 5.41) is 18.5. The molecule has 1 heterocycles. The molecular weight excluding hydrogens is 190 g/mol. The molecule has 0 bridgehead atoms. The fourth-order valence-corrected chi connectivity index (χ4v) is 2.45. The lowest BCUT2D eigenvalue weighted by Gasteiger charge is -2.37. The van der Waals surface area contributed by atoms with Crippen LogP contribution >= 0.6 is 0 Å². The zero-order valence-electron chi connectivity index (χ0n) is 9.48. The maximum absolute atomic E-state index is 10.5. The second-order valence-electron chi connectivity index (χ2n) is 4.81. The lowest BCUT2D eigenvalue weighted by Crippen LogP contribution is -2.41. The van der Waals surface area contributed by atoms with Crippen molar-refractivity contribution in [2.24, 2.45) is 13.0 Å².